The lowest BCUT2D eigenvalue weighted by molar-refractivity contribution is 0.625. The summed E-state index contributed by atoms with van der Waals surface area (Å²) in [7, 11) is 0. The van der Waals surface area contributed by atoms with Gasteiger partial charge in [-0.2, -0.15) is 0 Å². The van der Waals surface area contributed by atoms with Gasteiger partial charge >= 0.3 is 0 Å². The van der Waals surface area contributed by atoms with Crippen LogP contribution in [0.15, 0.2) is 22.7 Å². The average molecular weight is 299 g/mol. The van der Waals surface area contributed by atoms with Crippen molar-refractivity contribution in [3.63, 3.8) is 0 Å². The van der Waals surface area contributed by atoms with Gasteiger partial charge < -0.3 is 10.3 Å². The van der Waals surface area contributed by atoms with Gasteiger partial charge in [0.25, 0.3) is 0 Å². The Bertz CT molecular complexity index is 538. The number of aromatic nitrogens is 3. The van der Waals surface area contributed by atoms with Crippen molar-refractivity contribution in [2.45, 2.75) is 20.0 Å². The SMILES string of the molecule is CCn1c(CN)nnc1-c1ccc(Br)cc1F. The Labute approximate surface area is 107 Å². The molecule has 6 heteroatoms. The van der Waals surface area contributed by atoms with Gasteiger partial charge in [0, 0.05) is 11.0 Å². The summed E-state index contributed by atoms with van der Waals surface area (Å²) in [5, 5.41) is 7.95. The fourth-order valence-corrected chi connectivity index (χ4v) is 2.02. The molecule has 4 nitrogen and oxygen atoms in total. The highest BCUT2D eigenvalue weighted by Gasteiger charge is 2.15. The maximum absolute atomic E-state index is 13.8. The minimum Gasteiger partial charge on any atom is -0.324 e. The molecule has 0 aliphatic rings. The van der Waals surface area contributed by atoms with E-state index in [-0.39, 0.29) is 5.82 Å². The van der Waals surface area contributed by atoms with E-state index in [2.05, 4.69) is 26.1 Å². The molecular weight excluding hydrogens is 287 g/mol. The van der Waals surface area contributed by atoms with Gasteiger partial charge in [0.05, 0.1) is 12.1 Å². The molecule has 0 saturated heterocycles. The van der Waals surface area contributed by atoms with Crippen LogP contribution < -0.4 is 5.73 Å². The van der Waals surface area contributed by atoms with Gasteiger partial charge in [0.2, 0.25) is 0 Å². The van der Waals surface area contributed by atoms with E-state index in [0.717, 1.165) is 0 Å². The predicted molar refractivity (Wildman–Crippen MR) is 66.7 cm³/mol. The monoisotopic (exact) mass is 298 g/mol. The van der Waals surface area contributed by atoms with E-state index in [9.17, 15) is 4.39 Å². The quantitative estimate of drug-likeness (QED) is 0.946. The van der Waals surface area contributed by atoms with E-state index in [1.165, 1.54) is 6.07 Å². The van der Waals surface area contributed by atoms with Crippen LogP contribution in [-0.4, -0.2) is 14.8 Å². The largest absolute Gasteiger partial charge is 0.324 e. The van der Waals surface area contributed by atoms with Crippen LogP contribution in [0.25, 0.3) is 11.4 Å². The van der Waals surface area contributed by atoms with Crippen LogP contribution in [0.5, 0.6) is 0 Å². The first-order valence-corrected chi connectivity index (χ1v) is 6.04. The van der Waals surface area contributed by atoms with Crippen LogP contribution in [-0.2, 0) is 13.1 Å². The molecule has 0 aliphatic heterocycles. The Morgan fingerprint density at radius 2 is 2.18 bits per heavy atom. The van der Waals surface area contributed by atoms with Crippen molar-refractivity contribution in [3.05, 3.63) is 34.3 Å². The Hall–Kier alpha value is -1.27. The van der Waals surface area contributed by atoms with Crippen LogP contribution in [0.4, 0.5) is 4.39 Å². The first kappa shape index (κ1) is 12.2. The highest BCUT2D eigenvalue weighted by atomic mass is 79.9. The molecule has 1 heterocycles. The van der Waals surface area contributed by atoms with E-state index >= 15 is 0 Å². The lowest BCUT2D eigenvalue weighted by atomic mass is 10.2. The third-order valence-electron chi connectivity index (χ3n) is 2.50. The summed E-state index contributed by atoms with van der Waals surface area (Å²) in [5.74, 6) is 0.841. The van der Waals surface area contributed by atoms with Crippen LogP contribution in [0.1, 0.15) is 12.7 Å². The molecule has 90 valence electrons. The second-order valence-electron chi connectivity index (χ2n) is 3.51. The molecule has 1 aromatic heterocycles. The molecule has 1 aromatic carbocycles. The van der Waals surface area contributed by atoms with Gasteiger partial charge in [0.15, 0.2) is 5.82 Å². The summed E-state index contributed by atoms with van der Waals surface area (Å²) >= 11 is 3.22. The summed E-state index contributed by atoms with van der Waals surface area (Å²) in [4.78, 5) is 0. The summed E-state index contributed by atoms with van der Waals surface area (Å²) in [6.45, 7) is 2.89. The average Bonchev–Trinajstić information content (AvgIpc) is 2.71. The maximum atomic E-state index is 13.8. The number of benzene rings is 1. The van der Waals surface area contributed by atoms with Crippen LogP contribution in [0, 0.1) is 5.82 Å². The molecule has 0 radical (unpaired) electrons. The van der Waals surface area contributed by atoms with Crippen molar-refractivity contribution in [1.29, 1.82) is 0 Å². The Balaban J connectivity index is 2.56. The third-order valence-corrected chi connectivity index (χ3v) is 2.99. The van der Waals surface area contributed by atoms with Crippen LogP contribution in [0.3, 0.4) is 0 Å². The molecule has 0 amide bonds. The van der Waals surface area contributed by atoms with E-state index in [4.69, 9.17) is 5.73 Å². The standard InChI is InChI=1S/C11H12BrFN4/c1-2-17-10(6-14)15-16-11(17)8-4-3-7(12)5-9(8)13/h3-5H,2,6,14H2,1H3. The molecule has 0 bridgehead atoms. The lowest BCUT2D eigenvalue weighted by Gasteiger charge is -2.07. The number of halogens is 2. The zero-order valence-electron chi connectivity index (χ0n) is 9.32. The number of nitrogens with two attached hydrogens (primary N) is 1. The predicted octanol–water partition coefficient (Wildman–Crippen LogP) is 2.33. The molecule has 0 fully saturated rings. The van der Waals surface area contributed by atoms with Crippen molar-refractivity contribution in [2.75, 3.05) is 0 Å². The first-order valence-electron chi connectivity index (χ1n) is 5.25. The Morgan fingerprint density at radius 1 is 1.41 bits per heavy atom. The van der Waals surface area contributed by atoms with Gasteiger partial charge in [-0.25, -0.2) is 4.39 Å². The minimum atomic E-state index is -0.329. The van der Waals surface area contributed by atoms with E-state index in [1.807, 2.05) is 11.5 Å². The molecule has 2 rings (SSSR count). The smallest absolute Gasteiger partial charge is 0.166 e. The summed E-state index contributed by atoms with van der Waals surface area (Å²) < 4.78 is 16.3. The molecule has 2 N–H and O–H groups in total. The number of rotatable bonds is 3. The van der Waals surface area contributed by atoms with Crippen LogP contribution >= 0.6 is 15.9 Å². The fraction of sp³-hybridized carbons (Fsp3) is 0.273. The van der Waals surface area contributed by atoms with E-state index in [1.54, 1.807) is 12.1 Å². The van der Waals surface area contributed by atoms with E-state index in [0.29, 0.717) is 34.8 Å². The fourth-order valence-electron chi connectivity index (χ4n) is 1.69. The second-order valence-corrected chi connectivity index (χ2v) is 4.43. The van der Waals surface area contributed by atoms with Gasteiger partial charge in [-0.05, 0) is 25.1 Å². The van der Waals surface area contributed by atoms with Crippen molar-refractivity contribution < 1.29 is 4.39 Å². The van der Waals surface area contributed by atoms with Gasteiger partial charge in [-0.3, -0.25) is 0 Å². The molecule has 0 atom stereocenters. The number of hydrogen-bond acceptors (Lipinski definition) is 3. The highest BCUT2D eigenvalue weighted by molar-refractivity contribution is 9.10. The van der Waals surface area contributed by atoms with Gasteiger partial charge in [0.1, 0.15) is 11.6 Å². The van der Waals surface area contributed by atoms with Gasteiger partial charge in [-0.1, -0.05) is 15.9 Å². The van der Waals surface area contributed by atoms with Gasteiger partial charge in [-0.15, -0.1) is 10.2 Å². The van der Waals surface area contributed by atoms with Crippen molar-refractivity contribution in [2.24, 2.45) is 5.73 Å². The van der Waals surface area contributed by atoms with E-state index < -0.39 is 0 Å². The van der Waals surface area contributed by atoms with Crippen molar-refractivity contribution >= 4 is 15.9 Å². The Kier molecular flexibility index (Phi) is 3.54. The number of hydrogen-bond donors (Lipinski definition) is 1. The minimum absolute atomic E-state index is 0.291. The molecule has 0 aliphatic carbocycles. The number of nitrogens with zero attached hydrogens (tertiary/aromatic N) is 3. The first-order chi connectivity index (χ1) is 8.17. The normalized spacial score (nSPS) is 10.8. The molecule has 2 aromatic rings. The third kappa shape index (κ3) is 2.23. The van der Waals surface area contributed by atoms with Crippen LogP contribution in [0.2, 0.25) is 0 Å². The van der Waals surface area contributed by atoms with Crippen molar-refractivity contribution in [3.8, 4) is 11.4 Å². The summed E-state index contributed by atoms with van der Waals surface area (Å²) in [6, 6.07) is 4.86. The zero-order valence-corrected chi connectivity index (χ0v) is 10.9. The van der Waals surface area contributed by atoms with Crippen molar-refractivity contribution in [1.82, 2.24) is 14.8 Å². The topological polar surface area (TPSA) is 56.7 Å². The summed E-state index contributed by atoms with van der Waals surface area (Å²) in [5.41, 5.74) is 5.99. The molecule has 17 heavy (non-hydrogen) atoms. The molecule has 0 saturated carbocycles. The maximum Gasteiger partial charge on any atom is 0.166 e. The summed E-state index contributed by atoms with van der Waals surface area (Å²) in [6.07, 6.45) is 0. The molecule has 0 unspecified atom stereocenters. The lowest BCUT2D eigenvalue weighted by Crippen LogP contribution is -2.08. The molecular formula is C11H12BrFN4. The Morgan fingerprint density at radius 3 is 2.76 bits per heavy atom. The second kappa shape index (κ2) is 4.93. The highest BCUT2D eigenvalue weighted by Crippen LogP contribution is 2.24. The zero-order chi connectivity index (χ0) is 12.4. The molecule has 0 spiro atoms.